The zero-order chi connectivity index (χ0) is 16.0. The molecular weight excluding hydrogens is 352 g/mol. The standard InChI is InChI=1S/C16H13ClN2O2S2/c17-11-5-7-13(8-6-11)23(20,21)10-12-9-22-16-18-14-3-1-2-4-15(14)19(12)16/h1-8,12H,9-10H2. The Morgan fingerprint density at radius 2 is 1.91 bits per heavy atom. The molecule has 1 unspecified atom stereocenters. The molecule has 118 valence electrons. The first-order chi connectivity index (χ1) is 11.0. The quantitative estimate of drug-likeness (QED) is 0.709. The SMILES string of the molecule is O=S(=O)(CC1CSc2nc3ccccc3n21)c1ccc(Cl)cc1. The zero-order valence-corrected chi connectivity index (χ0v) is 14.4. The van der Waals surface area contributed by atoms with Crippen molar-refractivity contribution in [3.63, 3.8) is 0 Å². The number of thioether (sulfide) groups is 1. The fourth-order valence-electron chi connectivity index (χ4n) is 2.84. The topological polar surface area (TPSA) is 52.0 Å². The van der Waals surface area contributed by atoms with Crippen molar-refractivity contribution < 1.29 is 8.42 Å². The highest BCUT2D eigenvalue weighted by Crippen LogP contribution is 2.38. The van der Waals surface area contributed by atoms with Crippen LogP contribution in [0.4, 0.5) is 0 Å². The summed E-state index contributed by atoms with van der Waals surface area (Å²) in [6.07, 6.45) is 0. The summed E-state index contributed by atoms with van der Waals surface area (Å²) in [6, 6.07) is 14.1. The normalized spacial score (nSPS) is 17.5. The van der Waals surface area contributed by atoms with Crippen LogP contribution in [0, 0.1) is 0 Å². The molecule has 23 heavy (non-hydrogen) atoms. The number of hydrogen-bond acceptors (Lipinski definition) is 4. The van der Waals surface area contributed by atoms with E-state index in [0.29, 0.717) is 9.92 Å². The third-order valence-electron chi connectivity index (χ3n) is 3.92. The van der Waals surface area contributed by atoms with Crippen molar-refractivity contribution in [3.05, 3.63) is 53.6 Å². The molecule has 0 spiro atoms. The number of fused-ring (bicyclic) bond motifs is 3. The van der Waals surface area contributed by atoms with E-state index < -0.39 is 9.84 Å². The number of rotatable bonds is 3. The summed E-state index contributed by atoms with van der Waals surface area (Å²) < 4.78 is 27.4. The molecule has 1 aliphatic rings. The van der Waals surface area contributed by atoms with Gasteiger partial charge in [0.1, 0.15) is 0 Å². The number of hydrogen-bond donors (Lipinski definition) is 0. The predicted molar refractivity (Wildman–Crippen MR) is 93.0 cm³/mol. The molecule has 0 N–H and O–H groups in total. The van der Waals surface area contributed by atoms with Crippen molar-refractivity contribution >= 4 is 44.2 Å². The van der Waals surface area contributed by atoms with Crippen LogP contribution in [0.15, 0.2) is 58.6 Å². The molecule has 0 saturated carbocycles. The Hall–Kier alpha value is -1.50. The van der Waals surface area contributed by atoms with E-state index in [1.807, 2.05) is 28.8 Å². The largest absolute Gasteiger partial charge is 0.314 e. The molecule has 0 radical (unpaired) electrons. The van der Waals surface area contributed by atoms with E-state index in [1.54, 1.807) is 36.0 Å². The highest BCUT2D eigenvalue weighted by molar-refractivity contribution is 7.99. The highest BCUT2D eigenvalue weighted by Gasteiger charge is 2.31. The van der Waals surface area contributed by atoms with Gasteiger partial charge in [-0.2, -0.15) is 0 Å². The molecule has 0 aliphatic carbocycles. The molecule has 7 heteroatoms. The number of benzene rings is 2. The van der Waals surface area contributed by atoms with Gasteiger partial charge in [0.25, 0.3) is 0 Å². The van der Waals surface area contributed by atoms with Crippen molar-refractivity contribution in [2.45, 2.75) is 16.1 Å². The van der Waals surface area contributed by atoms with E-state index in [9.17, 15) is 8.42 Å². The third-order valence-corrected chi connectivity index (χ3v) is 7.08. The van der Waals surface area contributed by atoms with Gasteiger partial charge in [-0.1, -0.05) is 35.5 Å². The average molecular weight is 365 g/mol. The summed E-state index contributed by atoms with van der Waals surface area (Å²) in [7, 11) is -3.37. The van der Waals surface area contributed by atoms with Gasteiger partial charge in [-0.05, 0) is 36.4 Å². The Morgan fingerprint density at radius 3 is 2.70 bits per heavy atom. The van der Waals surface area contributed by atoms with Crippen molar-refractivity contribution in [2.75, 3.05) is 11.5 Å². The molecule has 4 nitrogen and oxygen atoms in total. The van der Waals surface area contributed by atoms with Crippen molar-refractivity contribution in [1.29, 1.82) is 0 Å². The fraction of sp³-hybridized carbons (Fsp3) is 0.188. The minimum Gasteiger partial charge on any atom is -0.314 e. The van der Waals surface area contributed by atoms with Gasteiger partial charge in [0.05, 0.1) is 27.7 Å². The molecule has 0 bridgehead atoms. The van der Waals surface area contributed by atoms with Crippen LogP contribution in [-0.2, 0) is 9.84 Å². The average Bonchev–Trinajstić information content (AvgIpc) is 3.07. The number of imidazole rings is 1. The highest BCUT2D eigenvalue weighted by atomic mass is 35.5. The number of aromatic nitrogens is 2. The molecule has 1 aromatic heterocycles. The van der Waals surface area contributed by atoms with Gasteiger partial charge in [0, 0.05) is 10.8 Å². The van der Waals surface area contributed by atoms with Crippen LogP contribution in [-0.4, -0.2) is 29.5 Å². The van der Waals surface area contributed by atoms with E-state index in [0.717, 1.165) is 21.9 Å². The second-order valence-corrected chi connectivity index (χ2v) is 8.91. The van der Waals surface area contributed by atoms with Gasteiger partial charge in [0.15, 0.2) is 15.0 Å². The molecule has 1 aliphatic heterocycles. The van der Waals surface area contributed by atoms with Crippen molar-refractivity contribution in [2.24, 2.45) is 0 Å². The monoisotopic (exact) mass is 364 g/mol. The Kier molecular flexibility index (Phi) is 3.63. The first-order valence-electron chi connectivity index (χ1n) is 7.13. The molecule has 0 saturated heterocycles. The first-order valence-corrected chi connectivity index (χ1v) is 10.1. The van der Waals surface area contributed by atoms with Crippen LogP contribution in [0.1, 0.15) is 6.04 Å². The van der Waals surface area contributed by atoms with Gasteiger partial charge in [-0.15, -0.1) is 0 Å². The van der Waals surface area contributed by atoms with Crippen LogP contribution < -0.4 is 0 Å². The lowest BCUT2D eigenvalue weighted by molar-refractivity contribution is 0.559. The number of sulfone groups is 1. The van der Waals surface area contributed by atoms with E-state index in [2.05, 4.69) is 4.98 Å². The van der Waals surface area contributed by atoms with Crippen molar-refractivity contribution in [1.82, 2.24) is 9.55 Å². The van der Waals surface area contributed by atoms with Gasteiger partial charge >= 0.3 is 0 Å². The number of para-hydroxylation sites is 2. The molecule has 2 aromatic carbocycles. The Labute approximate surface area is 143 Å². The summed E-state index contributed by atoms with van der Waals surface area (Å²) >= 11 is 7.45. The lowest BCUT2D eigenvalue weighted by atomic mass is 10.3. The summed E-state index contributed by atoms with van der Waals surface area (Å²) in [4.78, 5) is 4.88. The maximum absolute atomic E-state index is 12.7. The maximum Gasteiger partial charge on any atom is 0.180 e. The second-order valence-electron chi connectivity index (χ2n) is 5.45. The minimum absolute atomic E-state index is 0.0645. The van der Waals surface area contributed by atoms with Gasteiger partial charge < -0.3 is 4.57 Å². The molecule has 2 heterocycles. The van der Waals surface area contributed by atoms with Crippen LogP contribution in [0.3, 0.4) is 0 Å². The van der Waals surface area contributed by atoms with E-state index in [1.165, 1.54) is 0 Å². The second kappa shape index (κ2) is 5.54. The molecular formula is C16H13ClN2O2S2. The maximum atomic E-state index is 12.7. The van der Waals surface area contributed by atoms with Crippen LogP contribution >= 0.6 is 23.4 Å². The third kappa shape index (κ3) is 2.65. The zero-order valence-electron chi connectivity index (χ0n) is 12.0. The lowest BCUT2D eigenvalue weighted by Crippen LogP contribution is -2.19. The molecule has 0 amide bonds. The summed E-state index contributed by atoms with van der Waals surface area (Å²) in [5, 5.41) is 1.42. The Balaban J connectivity index is 1.70. The number of nitrogens with zero attached hydrogens (tertiary/aromatic N) is 2. The van der Waals surface area contributed by atoms with Gasteiger partial charge in [-0.25, -0.2) is 13.4 Å². The fourth-order valence-corrected chi connectivity index (χ4v) is 5.79. The predicted octanol–water partition coefficient (Wildman–Crippen LogP) is 3.81. The molecule has 1 atom stereocenters. The number of halogens is 1. The molecule has 4 rings (SSSR count). The van der Waals surface area contributed by atoms with Crippen LogP contribution in [0.5, 0.6) is 0 Å². The summed E-state index contributed by atoms with van der Waals surface area (Å²) in [6.45, 7) is 0. The molecule has 3 aromatic rings. The lowest BCUT2D eigenvalue weighted by Gasteiger charge is -2.14. The van der Waals surface area contributed by atoms with Crippen LogP contribution in [0.2, 0.25) is 5.02 Å². The Morgan fingerprint density at radius 1 is 1.17 bits per heavy atom. The Bertz CT molecular complexity index is 981. The summed E-state index contributed by atoms with van der Waals surface area (Å²) in [5.41, 5.74) is 1.90. The first kappa shape index (κ1) is 15.1. The van der Waals surface area contributed by atoms with Gasteiger partial charge in [0.2, 0.25) is 0 Å². The van der Waals surface area contributed by atoms with Gasteiger partial charge in [-0.3, -0.25) is 0 Å². The van der Waals surface area contributed by atoms with Crippen molar-refractivity contribution in [3.8, 4) is 0 Å². The van der Waals surface area contributed by atoms with Crippen LogP contribution in [0.25, 0.3) is 11.0 Å². The molecule has 0 fully saturated rings. The van der Waals surface area contributed by atoms with E-state index >= 15 is 0 Å². The minimum atomic E-state index is -3.37. The summed E-state index contributed by atoms with van der Waals surface area (Å²) in [5.74, 6) is 0.787. The van der Waals surface area contributed by atoms with E-state index in [4.69, 9.17) is 11.6 Å². The van der Waals surface area contributed by atoms with E-state index in [-0.39, 0.29) is 11.8 Å². The smallest absolute Gasteiger partial charge is 0.180 e.